The summed E-state index contributed by atoms with van der Waals surface area (Å²) in [4.78, 5) is 11.4. The number of nitrogens with one attached hydrogen (secondary N) is 2. The summed E-state index contributed by atoms with van der Waals surface area (Å²) in [5.74, 6) is 0.159. The molecule has 1 aliphatic heterocycles. The fourth-order valence-electron chi connectivity index (χ4n) is 2.04. The van der Waals surface area contributed by atoms with E-state index in [4.69, 9.17) is 0 Å². The Bertz CT molecular complexity index is 395. The molecule has 17 heavy (non-hydrogen) atoms. The van der Waals surface area contributed by atoms with Crippen LogP contribution in [0.3, 0.4) is 0 Å². The van der Waals surface area contributed by atoms with Crippen LogP contribution in [0, 0.1) is 0 Å². The largest absolute Gasteiger partial charge is 0.356 e. The molecule has 1 amide bonds. The zero-order valence-corrected chi connectivity index (χ0v) is 11.3. The normalized spacial score (nSPS) is 20.8. The first kappa shape index (κ1) is 12.6. The Morgan fingerprint density at radius 1 is 1.41 bits per heavy atom. The first-order valence-electron chi connectivity index (χ1n) is 5.99. The van der Waals surface area contributed by atoms with Crippen LogP contribution in [0.15, 0.2) is 28.7 Å². The molecule has 1 aromatic rings. The second kappa shape index (κ2) is 6.17. The van der Waals surface area contributed by atoms with Crippen molar-refractivity contribution in [3.63, 3.8) is 0 Å². The Hall–Kier alpha value is -0.870. The molecule has 1 saturated heterocycles. The van der Waals surface area contributed by atoms with Crippen LogP contribution in [-0.4, -0.2) is 18.5 Å². The molecular formula is C13H17BrN2O. The average Bonchev–Trinajstić information content (AvgIpc) is 2.53. The fraction of sp³-hybridized carbons (Fsp3) is 0.462. The maximum absolute atomic E-state index is 11.4. The van der Waals surface area contributed by atoms with E-state index >= 15 is 0 Å². The number of hydrogen-bond donors (Lipinski definition) is 2. The first-order chi connectivity index (χ1) is 8.25. The number of hydrogen-bond acceptors (Lipinski definition) is 2. The SMILES string of the molecule is O=C1CC(NCc2ccccc2Br)CCCN1. The fourth-order valence-corrected chi connectivity index (χ4v) is 2.47. The van der Waals surface area contributed by atoms with Gasteiger partial charge in [0.1, 0.15) is 0 Å². The van der Waals surface area contributed by atoms with Crippen LogP contribution in [0.2, 0.25) is 0 Å². The molecule has 1 atom stereocenters. The van der Waals surface area contributed by atoms with E-state index < -0.39 is 0 Å². The molecule has 0 aliphatic carbocycles. The van der Waals surface area contributed by atoms with Crippen molar-refractivity contribution in [2.45, 2.75) is 31.8 Å². The molecule has 0 bridgehead atoms. The summed E-state index contributed by atoms with van der Waals surface area (Å²) in [7, 11) is 0. The summed E-state index contributed by atoms with van der Waals surface area (Å²) in [5, 5.41) is 6.35. The summed E-state index contributed by atoms with van der Waals surface area (Å²) in [5.41, 5.74) is 1.23. The van der Waals surface area contributed by atoms with Gasteiger partial charge in [0.05, 0.1) is 0 Å². The summed E-state index contributed by atoms with van der Waals surface area (Å²) in [6, 6.07) is 8.46. The van der Waals surface area contributed by atoms with Gasteiger partial charge in [-0.2, -0.15) is 0 Å². The Balaban J connectivity index is 1.89. The molecule has 3 nitrogen and oxygen atoms in total. The summed E-state index contributed by atoms with van der Waals surface area (Å²) < 4.78 is 1.12. The molecule has 1 unspecified atom stereocenters. The van der Waals surface area contributed by atoms with Gasteiger partial charge < -0.3 is 10.6 Å². The predicted octanol–water partition coefficient (Wildman–Crippen LogP) is 2.21. The van der Waals surface area contributed by atoms with E-state index in [1.54, 1.807) is 0 Å². The highest BCUT2D eigenvalue weighted by molar-refractivity contribution is 9.10. The molecule has 1 heterocycles. The van der Waals surface area contributed by atoms with Crippen molar-refractivity contribution >= 4 is 21.8 Å². The maximum Gasteiger partial charge on any atom is 0.221 e. The summed E-state index contributed by atoms with van der Waals surface area (Å²) in [6.07, 6.45) is 2.70. The zero-order valence-electron chi connectivity index (χ0n) is 9.71. The third-order valence-corrected chi connectivity index (χ3v) is 3.80. The lowest BCUT2D eigenvalue weighted by molar-refractivity contribution is -0.121. The molecule has 0 radical (unpaired) electrons. The number of carbonyl (C=O) groups is 1. The van der Waals surface area contributed by atoms with Gasteiger partial charge in [0.2, 0.25) is 5.91 Å². The minimum absolute atomic E-state index is 0.159. The molecule has 0 saturated carbocycles. The van der Waals surface area contributed by atoms with Gasteiger partial charge in [-0.05, 0) is 24.5 Å². The van der Waals surface area contributed by atoms with Crippen LogP contribution in [-0.2, 0) is 11.3 Å². The summed E-state index contributed by atoms with van der Waals surface area (Å²) in [6.45, 7) is 1.62. The van der Waals surface area contributed by atoms with Crippen LogP contribution in [0.1, 0.15) is 24.8 Å². The minimum atomic E-state index is 0.159. The molecule has 2 rings (SSSR count). The van der Waals surface area contributed by atoms with Crippen molar-refractivity contribution in [1.82, 2.24) is 10.6 Å². The molecule has 4 heteroatoms. The van der Waals surface area contributed by atoms with E-state index in [0.717, 1.165) is 30.4 Å². The molecular weight excluding hydrogens is 280 g/mol. The van der Waals surface area contributed by atoms with Gasteiger partial charge in [-0.15, -0.1) is 0 Å². The lowest BCUT2D eigenvalue weighted by atomic mass is 10.1. The van der Waals surface area contributed by atoms with Gasteiger partial charge in [0.15, 0.2) is 0 Å². The van der Waals surface area contributed by atoms with Crippen LogP contribution >= 0.6 is 15.9 Å². The van der Waals surface area contributed by atoms with E-state index in [9.17, 15) is 4.79 Å². The number of halogens is 1. The molecule has 0 spiro atoms. The van der Waals surface area contributed by atoms with E-state index in [1.165, 1.54) is 5.56 Å². The summed E-state index contributed by atoms with van der Waals surface area (Å²) >= 11 is 3.53. The van der Waals surface area contributed by atoms with E-state index in [1.807, 2.05) is 18.2 Å². The molecule has 0 aromatic heterocycles. The molecule has 2 N–H and O–H groups in total. The highest BCUT2D eigenvalue weighted by atomic mass is 79.9. The smallest absolute Gasteiger partial charge is 0.221 e. The van der Waals surface area contributed by atoms with Crippen LogP contribution in [0.25, 0.3) is 0 Å². The van der Waals surface area contributed by atoms with Crippen LogP contribution in [0.5, 0.6) is 0 Å². The zero-order chi connectivity index (χ0) is 12.1. The van der Waals surface area contributed by atoms with E-state index in [-0.39, 0.29) is 5.91 Å². The van der Waals surface area contributed by atoms with Gasteiger partial charge in [-0.3, -0.25) is 4.79 Å². The molecule has 1 aromatic carbocycles. The van der Waals surface area contributed by atoms with Crippen LogP contribution < -0.4 is 10.6 Å². The Labute approximate surface area is 110 Å². The monoisotopic (exact) mass is 296 g/mol. The van der Waals surface area contributed by atoms with Crippen molar-refractivity contribution in [3.8, 4) is 0 Å². The predicted molar refractivity (Wildman–Crippen MR) is 71.6 cm³/mol. The highest BCUT2D eigenvalue weighted by Crippen LogP contribution is 2.16. The number of carbonyl (C=O) groups excluding carboxylic acids is 1. The second-order valence-electron chi connectivity index (χ2n) is 4.37. The molecule has 1 fully saturated rings. The van der Waals surface area contributed by atoms with Crippen molar-refractivity contribution in [1.29, 1.82) is 0 Å². The lowest BCUT2D eigenvalue weighted by Crippen LogP contribution is -2.32. The van der Waals surface area contributed by atoms with Crippen molar-refractivity contribution in [3.05, 3.63) is 34.3 Å². The number of amides is 1. The quantitative estimate of drug-likeness (QED) is 0.898. The average molecular weight is 297 g/mol. The number of benzene rings is 1. The number of rotatable bonds is 3. The van der Waals surface area contributed by atoms with Gasteiger partial charge in [-0.1, -0.05) is 34.1 Å². The van der Waals surface area contributed by atoms with E-state index in [0.29, 0.717) is 12.5 Å². The lowest BCUT2D eigenvalue weighted by Gasteiger charge is -2.15. The third kappa shape index (κ3) is 3.82. The van der Waals surface area contributed by atoms with Crippen molar-refractivity contribution < 1.29 is 4.79 Å². The maximum atomic E-state index is 11.4. The first-order valence-corrected chi connectivity index (χ1v) is 6.78. The van der Waals surface area contributed by atoms with Crippen LogP contribution in [0.4, 0.5) is 0 Å². The molecule has 1 aliphatic rings. The second-order valence-corrected chi connectivity index (χ2v) is 5.22. The topological polar surface area (TPSA) is 41.1 Å². The Kier molecular flexibility index (Phi) is 4.57. The Morgan fingerprint density at radius 3 is 3.06 bits per heavy atom. The van der Waals surface area contributed by atoms with E-state index in [2.05, 4.69) is 32.6 Å². The van der Waals surface area contributed by atoms with Gasteiger partial charge in [0, 0.05) is 30.0 Å². The van der Waals surface area contributed by atoms with Gasteiger partial charge >= 0.3 is 0 Å². The van der Waals surface area contributed by atoms with Crippen molar-refractivity contribution in [2.75, 3.05) is 6.54 Å². The highest BCUT2D eigenvalue weighted by Gasteiger charge is 2.16. The minimum Gasteiger partial charge on any atom is -0.356 e. The standard InChI is InChI=1S/C13H17BrN2O/c14-12-6-2-1-4-10(12)9-16-11-5-3-7-15-13(17)8-11/h1-2,4,6,11,16H,3,5,7-9H2,(H,15,17). The van der Waals surface area contributed by atoms with Gasteiger partial charge in [0.25, 0.3) is 0 Å². The van der Waals surface area contributed by atoms with Gasteiger partial charge in [-0.25, -0.2) is 0 Å². The third-order valence-electron chi connectivity index (χ3n) is 3.02. The Morgan fingerprint density at radius 2 is 2.24 bits per heavy atom. The molecule has 92 valence electrons. The van der Waals surface area contributed by atoms with Crippen molar-refractivity contribution in [2.24, 2.45) is 0 Å².